The zero-order chi connectivity index (χ0) is 13.2. The Hall–Kier alpha value is -2.56. The first kappa shape index (κ1) is 11.5. The summed E-state index contributed by atoms with van der Waals surface area (Å²) in [4.78, 5) is 4.41. The fourth-order valence-corrected chi connectivity index (χ4v) is 1.94. The molecular formula is C14H13N3O2. The summed E-state index contributed by atoms with van der Waals surface area (Å²) in [6.07, 6.45) is 2.27. The molecule has 3 aromatic rings. The smallest absolute Gasteiger partial charge is 0.156 e. The van der Waals surface area contributed by atoms with Gasteiger partial charge in [-0.15, -0.1) is 0 Å². The highest BCUT2D eigenvalue weighted by molar-refractivity contribution is 5.42. The number of benzene rings is 1. The van der Waals surface area contributed by atoms with Crippen molar-refractivity contribution in [3.63, 3.8) is 0 Å². The number of para-hydroxylation sites is 1. The Kier molecular flexibility index (Phi) is 2.79. The number of phenols is 1. The molecule has 0 fully saturated rings. The van der Waals surface area contributed by atoms with Gasteiger partial charge in [0.05, 0.1) is 13.3 Å². The summed E-state index contributed by atoms with van der Waals surface area (Å²) in [5, 5.41) is 14.1. The van der Waals surface area contributed by atoms with Gasteiger partial charge < -0.3 is 9.84 Å². The van der Waals surface area contributed by atoms with Crippen LogP contribution in [0.4, 0.5) is 0 Å². The molecule has 0 aliphatic carbocycles. The number of ether oxygens (including phenoxy) is 1. The lowest BCUT2D eigenvalue weighted by Crippen LogP contribution is -1.93. The van der Waals surface area contributed by atoms with Crippen LogP contribution in [0.1, 0.15) is 11.4 Å². The summed E-state index contributed by atoms with van der Waals surface area (Å²) in [6.45, 7) is 0. The second kappa shape index (κ2) is 4.61. The second-order valence-corrected chi connectivity index (χ2v) is 4.21. The minimum atomic E-state index is 0.263. The number of hydrogen-bond donors (Lipinski definition) is 1. The topological polar surface area (TPSA) is 59.7 Å². The van der Waals surface area contributed by atoms with E-state index in [-0.39, 0.29) is 5.75 Å². The van der Waals surface area contributed by atoms with Gasteiger partial charge in [0.2, 0.25) is 0 Å². The van der Waals surface area contributed by atoms with Gasteiger partial charge in [0, 0.05) is 12.0 Å². The summed E-state index contributed by atoms with van der Waals surface area (Å²) in [5.74, 6) is 1.65. The molecule has 0 radical (unpaired) electrons. The standard InChI is InChI=1S/C14H13N3O2/c1-19-11-6-7-14-15-13(16-17(14)9-11)8-10-4-2-3-5-12(10)18/h2-7,9,18H,8H2,1H3. The third-order valence-electron chi connectivity index (χ3n) is 2.92. The Morgan fingerprint density at radius 1 is 1.21 bits per heavy atom. The number of aromatic hydroxyl groups is 1. The highest BCUT2D eigenvalue weighted by Crippen LogP contribution is 2.19. The van der Waals surface area contributed by atoms with Gasteiger partial charge in [-0.2, -0.15) is 5.10 Å². The normalized spacial score (nSPS) is 10.8. The molecular weight excluding hydrogens is 242 g/mol. The summed E-state index contributed by atoms with van der Waals surface area (Å²) in [5.41, 5.74) is 1.57. The SMILES string of the molecule is COc1ccc2nc(Cc3ccccc3O)nn2c1. The van der Waals surface area contributed by atoms with E-state index in [4.69, 9.17) is 4.74 Å². The molecule has 3 rings (SSSR count). The maximum Gasteiger partial charge on any atom is 0.156 e. The number of nitrogens with zero attached hydrogens (tertiary/aromatic N) is 3. The molecule has 0 amide bonds. The fourth-order valence-electron chi connectivity index (χ4n) is 1.94. The van der Waals surface area contributed by atoms with E-state index in [1.54, 1.807) is 30.0 Å². The minimum absolute atomic E-state index is 0.263. The van der Waals surface area contributed by atoms with Crippen molar-refractivity contribution < 1.29 is 9.84 Å². The molecule has 96 valence electrons. The monoisotopic (exact) mass is 255 g/mol. The van der Waals surface area contributed by atoms with E-state index in [9.17, 15) is 5.11 Å². The highest BCUT2D eigenvalue weighted by atomic mass is 16.5. The first-order chi connectivity index (χ1) is 9.26. The zero-order valence-corrected chi connectivity index (χ0v) is 10.4. The molecule has 0 atom stereocenters. The number of phenolic OH excluding ortho intramolecular Hbond substituents is 1. The van der Waals surface area contributed by atoms with Crippen LogP contribution in [0.15, 0.2) is 42.6 Å². The van der Waals surface area contributed by atoms with E-state index >= 15 is 0 Å². The molecule has 19 heavy (non-hydrogen) atoms. The van der Waals surface area contributed by atoms with Gasteiger partial charge in [0.1, 0.15) is 11.5 Å². The first-order valence-electron chi connectivity index (χ1n) is 5.92. The van der Waals surface area contributed by atoms with Crippen molar-refractivity contribution >= 4 is 5.65 Å². The molecule has 0 saturated heterocycles. The van der Waals surface area contributed by atoms with Gasteiger partial charge in [0.25, 0.3) is 0 Å². The predicted octanol–water partition coefficient (Wildman–Crippen LogP) is 2.03. The van der Waals surface area contributed by atoms with E-state index in [1.807, 2.05) is 24.3 Å². The van der Waals surface area contributed by atoms with E-state index in [0.717, 1.165) is 17.0 Å². The van der Waals surface area contributed by atoms with Crippen molar-refractivity contribution in [2.45, 2.75) is 6.42 Å². The molecule has 0 aliphatic rings. The van der Waals surface area contributed by atoms with Crippen LogP contribution in [-0.2, 0) is 6.42 Å². The van der Waals surface area contributed by atoms with Gasteiger partial charge in [-0.3, -0.25) is 0 Å². The van der Waals surface area contributed by atoms with E-state index in [0.29, 0.717) is 12.2 Å². The molecule has 1 N–H and O–H groups in total. The average Bonchev–Trinajstić information content (AvgIpc) is 2.82. The number of rotatable bonds is 3. The van der Waals surface area contributed by atoms with Gasteiger partial charge in [-0.1, -0.05) is 18.2 Å². The molecule has 2 aromatic heterocycles. The lowest BCUT2D eigenvalue weighted by atomic mass is 10.1. The molecule has 2 heterocycles. The second-order valence-electron chi connectivity index (χ2n) is 4.21. The van der Waals surface area contributed by atoms with Crippen molar-refractivity contribution in [1.82, 2.24) is 14.6 Å². The number of methoxy groups -OCH3 is 1. The maximum atomic E-state index is 9.75. The lowest BCUT2D eigenvalue weighted by Gasteiger charge is -1.99. The van der Waals surface area contributed by atoms with Crippen LogP contribution in [0.3, 0.4) is 0 Å². The Morgan fingerprint density at radius 3 is 2.84 bits per heavy atom. The quantitative estimate of drug-likeness (QED) is 0.778. The first-order valence-corrected chi connectivity index (χ1v) is 5.92. The zero-order valence-electron chi connectivity index (χ0n) is 10.4. The average molecular weight is 255 g/mol. The van der Waals surface area contributed by atoms with Crippen LogP contribution in [-0.4, -0.2) is 26.8 Å². The van der Waals surface area contributed by atoms with Crippen molar-refractivity contribution in [1.29, 1.82) is 0 Å². The fraction of sp³-hybridized carbons (Fsp3) is 0.143. The highest BCUT2D eigenvalue weighted by Gasteiger charge is 2.08. The summed E-state index contributed by atoms with van der Waals surface area (Å²) in [7, 11) is 1.61. The van der Waals surface area contributed by atoms with E-state index < -0.39 is 0 Å². The van der Waals surface area contributed by atoms with Gasteiger partial charge in [-0.05, 0) is 18.2 Å². The van der Waals surface area contributed by atoms with Crippen LogP contribution in [0, 0.1) is 0 Å². The van der Waals surface area contributed by atoms with Crippen LogP contribution >= 0.6 is 0 Å². The molecule has 0 aliphatic heterocycles. The number of fused-ring (bicyclic) bond motifs is 1. The third kappa shape index (κ3) is 2.22. The van der Waals surface area contributed by atoms with Crippen LogP contribution < -0.4 is 4.74 Å². The summed E-state index contributed by atoms with van der Waals surface area (Å²) in [6, 6.07) is 10.9. The third-order valence-corrected chi connectivity index (χ3v) is 2.92. The number of hydrogen-bond acceptors (Lipinski definition) is 4. The van der Waals surface area contributed by atoms with Crippen molar-refractivity contribution in [2.75, 3.05) is 7.11 Å². The van der Waals surface area contributed by atoms with Gasteiger partial charge in [0.15, 0.2) is 11.5 Å². The molecule has 0 bridgehead atoms. The minimum Gasteiger partial charge on any atom is -0.508 e. The Morgan fingerprint density at radius 2 is 2.05 bits per heavy atom. The van der Waals surface area contributed by atoms with Gasteiger partial charge >= 0.3 is 0 Å². The van der Waals surface area contributed by atoms with Crippen molar-refractivity contribution in [2.24, 2.45) is 0 Å². The summed E-state index contributed by atoms with van der Waals surface area (Å²) >= 11 is 0. The summed E-state index contributed by atoms with van der Waals surface area (Å²) < 4.78 is 6.82. The van der Waals surface area contributed by atoms with E-state index in [2.05, 4.69) is 10.1 Å². The van der Waals surface area contributed by atoms with Crippen LogP contribution in [0.2, 0.25) is 0 Å². The predicted molar refractivity (Wildman–Crippen MR) is 70.5 cm³/mol. The lowest BCUT2D eigenvalue weighted by molar-refractivity contribution is 0.411. The molecule has 1 aromatic carbocycles. The van der Waals surface area contributed by atoms with Crippen LogP contribution in [0.25, 0.3) is 5.65 Å². The number of pyridine rings is 1. The van der Waals surface area contributed by atoms with Crippen molar-refractivity contribution in [3.05, 3.63) is 54.0 Å². The van der Waals surface area contributed by atoms with Crippen molar-refractivity contribution in [3.8, 4) is 11.5 Å². The Labute approximate surface area is 110 Å². The molecule has 5 nitrogen and oxygen atoms in total. The Bertz CT molecular complexity index is 722. The maximum absolute atomic E-state index is 9.75. The largest absolute Gasteiger partial charge is 0.508 e. The molecule has 0 spiro atoms. The molecule has 0 saturated carbocycles. The Balaban J connectivity index is 1.95. The van der Waals surface area contributed by atoms with Crippen LogP contribution in [0.5, 0.6) is 11.5 Å². The molecule has 5 heteroatoms. The van der Waals surface area contributed by atoms with Gasteiger partial charge in [-0.25, -0.2) is 9.50 Å². The van der Waals surface area contributed by atoms with E-state index in [1.165, 1.54) is 0 Å². The molecule has 0 unspecified atom stereocenters. The number of aromatic nitrogens is 3.